The molecule has 11 heteroatoms. The van der Waals surface area contributed by atoms with E-state index in [1.54, 1.807) is 4.90 Å². The fourth-order valence-corrected chi connectivity index (χ4v) is 5.45. The van der Waals surface area contributed by atoms with Crippen molar-refractivity contribution in [2.75, 3.05) is 26.2 Å². The van der Waals surface area contributed by atoms with Crippen LogP contribution in [0, 0.1) is 13.8 Å². The molecule has 6 nitrogen and oxygen atoms in total. The molecule has 158 valence electrons. The van der Waals surface area contributed by atoms with Gasteiger partial charge in [0.2, 0.25) is 10.0 Å². The van der Waals surface area contributed by atoms with Crippen molar-refractivity contribution in [3.05, 3.63) is 45.6 Å². The van der Waals surface area contributed by atoms with Gasteiger partial charge >= 0.3 is 6.36 Å². The minimum Gasteiger partial charge on any atom is -0.406 e. The van der Waals surface area contributed by atoms with E-state index in [0.29, 0.717) is 5.56 Å². The van der Waals surface area contributed by atoms with Crippen LogP contribution in [0.4, 0.5) is 13.2 Å². The zero-order valence-electron chi connectivity index (χ0n) is 15.7. The molecule has 1 aromatic carbocycles. The monoisotopic (exact) mass is 448 g/mol. The van der Waals surface area contributed by atoms with Crippen molar-refractivity contribution in [1.82, 2.24) is 9.21 Å². The minimum atomic E-state index is -4.84. The molecule has 2 heterocycles. The summed E-state index contributed by atoms with van der Waals surface area (Å²) in [4.78, 5) is 16.1. The van der Waals surface area contributed by atoms with E-state index in [2.05, 4.69) is 4.74 Å². The second-order valence-electron chi connectivity index (χ2n) is 6.54. The number of thiophene rings is 1. The number of halogens is 3. The molecule has 1 aliphatic heterocycles. The van der Waals surface area contributed by atoms with Crippen LogP contribution in [-0.4, -0.2) is 56.1 Å². The molecule has 0 atom stereocenters. The topological polar surface area (TPSA) is 66.9 Å². The highest BCUT2D eigenvalue weighted by molar-refractivity contribution is 7.89. The number of nitrogens with zero attached hydrogens (tertiary/aromatic N) is 2. The number of alkyl halides is 3. The highest BCUT2D eigenvalue weighted by Crippen LogP contribution is 2.26. The van der Waals surface area contributed by atoms with Gasteiger partial charge in [0, 0.05) is 35.9 Å². The molecule has 29 heavy (non-hydrogen) atoms. The molecule has 0 unspecified atom stereocenters. The summed E-state index contributed by atoms with van der Waals surface area (Å²) >= 11 is 1.53. The molecular formula is C18H19F3N2O4S2. The first-order valence-electron chi connectivity index (χ1n) is 8.69. The summed E-state index contributed by atoms with van der Waals surface area (Å²) < 4.78 is 67.2. The third kappa shape index (κ3) is 4.90. The van der Waals surface area contributed by atoms with Gasteiger partial charge in [0.1, 0.15) is 5.75 Å². The smallest absolute Gasteiger partial charge is 0.406 e. The van der Waals surface area contributed by atoms with Crippen LogP contribution < -0.4 is 4.74 Å². The van der Waals surface area contributed by atoms with E-state index in [0.717, 1.165) is 34.0 Å². The lowest BCUT2D eigenvalue weighted by Crippen LogP contribution is -2.50. The van der Waals surface area contributed by atoms with Crippen molar-refractivity contribution in [2.24, 2.45) is 0 Å². The second-order valence-corrected chi connectivity index (χ2v) is 9.94. The highest BCUT2D eigenvalue weighted by atomic mass is 32.2. The minimum absolute atomic E-state index is 0.108. The van der Waals surface area contributed by atoms with Crippen LogP contribution in [0.5, 0.6) is 5.75 Å². The first-order chi connectivity index (χ1) is 13.5. The Labute approximate surface area is 170 Å². The van der Waals surface area contributed by atoms with Crippen LogP contribution in [0.15, 0.2) is 35.2 Å². The molecule has 0 spiro atoms. The normalized spacial score (nSPS) is 16.1. The van der Waals surface area contributed by atoms with E-state index in [-0.39, 0.29) is 37.0 Å². The summed E-state index contributed by atoms with van der Waals surface area (Å²) in [6, 6.07) is 5.90. The van der Waals surface area contributed by atoms with Crippen molar-refractivity contribution >= 4 is 27.3 Å². The standard InChI is InChI=1S/C18H19F3N2O4S2/c1-12-11-16(13(2)28-12)17(24)22-7-9-23(10-8-22)29(25,26)15-5-3-14(4-6-15)27-18(19,20)21/h3-6,11H,7-10H2,1-2H3. The number of hydrogen-bond donors (Lipinski definition) is 0. The van der Waals surface area contributed by atoms with E-state index in [9.17, 15) is 26.4 Å². The lowest BCUT2D eigenvalue weighted by molar-refractivity contribution is -0.274. The Morgan fingerprint density at radius 1 is 1.07 bits per heavy atom. The molecule has 1 saturated heterocycles. The van der Waals surface area contributed by atoms with E-state index in [4.69, 9.17) is 0 Å². The number of amides is 1. The summed E-state index contributed by atoms with van der Waals surface area (Å²) in [6.07, 6.45) is -4.84. The third-order valence-electron chi connectivity index (χ3n) is 4.49. The van der Waals surface area contributed by atoms with Crippen molar-refractivity contribution in [3.63, 3.8) is 0 Å². The molecule has 0 saturated carbocycles. The molecule has 0 N–H and O–H groups in total. The summed E-state index contributed by atoms with van der Waals surface area (Å²) in [5, 5.41) is 0. The van der Waals surface area contributed by atoms with Gasteiger partial charge in [-0.3, -0.25) is 4.79 Å². The predicted molar refractivity (Wildman–Crippen MR) is 102 cm³/mol. The SMILES string of the molecule is Cc1cc(C(=O)N2CCN(S(=O)(=O)c3ccc(OC(F)(F)F)cc3)CC2)c(C)s1. The van der Waals surface area contributed by atoms with Crippen LogP contribution in [0.3, 0.4) is 0 Å². The fraction of sp³-hybridized carbons (Fsp3) is 0.389. The molecule has 2 aromatic rings. The lowest BCUT2D eigenvalue weighted by Gasteiger charge is -2.34. The molecule has 0 radical (unpaired) electrons. The zero-order valence-corrected chi connectivity index (χ0v) is 17.3. The maximum atomic E-state index is 12.7. The molecule has 1 aliphatic rings. The molecule has 0 bridgehead atoms. The third-order valence-corrected chi connectivity index (χ3v) is 7.37. The quantitative estimate of drug-likeness (QED) is 0.719. The Balaban J connectivity index is 1.66. The molecule has 3 rings (SSSR count). The summed E-state index contributed by atoms with van der Waals surface area (Å²) in [5.74, 6) is -0.620. The van der Waals surface area contributed by atoms with Gasteiger partial charge in [0.25, 0.3) is 5.91 Å². The summed E-state index contributed by atoms with van der Waals surface area (Å²) in [7, 11) is -3.88. The van der Waals surface area contributed by atoms with Crippen LogP contribution in [0.1, 0.15) is 20.1 Å². The Bertz CT molecular complexity index is 993. The second kappa shape index (κ2) is 7.96. The fourth-order valence-electron chi connectivity index (χ4n) is 3.11. The number of ether oxygens (including phenoxy) is 1. The van der Waals surface area contributed by atoms with Gasteiger partial charge in [-0.05, 0) is 44.2 Å². The highest BCUT2D eigenvalue weighted by Gasteiger charge is 2.33. The van der Waals surface area contributed by atoms with E-state index < -0.39 is 22.1 Å². The first kappa shape index (κ1) is 21.6. The van der Waals surface area contributed by atoms with Crippen molar-refractivity contribution in [3.8, 4) is 5.75 Å². The summed E-state index contributed by atoms with van der Waals surface area (Å²) in [5.41, 5.74) is 0.629. The molecule has 1 fully saturated rings. The Morgan fingerprint density at radius 3 is 2.14 bits per heavy atom. The Hall–Kier alpha value is -2.11. The van der Waals surface area contributed by atoms with Crippen LogP contribution in [-0.2, 0) is 10.0 Å². The van der Waals surface area contributed by atoms with Crippen LogP contribution >= 0.6 is 11.3 Å². The average molecular weight is 448 g/mol. The van der Waals surface area contributed by atoms with Crippen molar-refractivity contribution in [2.45, 2.75) is 25.1 Å². The number of rotatable bonds is 4. The number of benzene rings is 1. The number of hydrogen-bond acceptors (Lipinski definition) is 5. The zero-order chi connectivity index (χ0) is 21.4. The largest absolute Gasteiger partial charge is 0.573 e. The predicted octanol–water partition coefficient (Wildman–Crippen LogP) is 3.41. The lowest BCUT2D eigenvalue weighted by atomic mass is 10.2. The molecule has 1 amide bonds. The number of sulfonamides is 1. The van der Waals surface area contributed by atoms with Crippen LogP contribution in [0.2, 0.25) is 0 Å². The van der Waals surface area contributed by atoms with E-state index in [1.807, 2.05) is 19.9 Å². The van der Waals surface area contributed by atoms with Crippen molar-refractivity contribution in [1.29, 1.82) is 0 Å². The van der Waals surface area contributed by atoms with E-state index >= 15 is 0 Å². The number of carbonyl (C=O) groups excluding carboxylic acids is 1. The molecular weight excluding hydrogens is 429 g/mol. The van der Waals surface area contributed by atoms with Gasteiger partial charge in [-0.1, -0.05) is 0 Å². The first-order valence-corrected chi connectivity index (χ1v) is 11.0. The molecule has 1 aromatic heterocycles. The van der Waals surface area contributed by atoms with Gasteiger partial charge in [-0.15, -0.1) is 24.5 Å². The van der Waals surface area contributed by atoms with Crippen LogP contribution in [0.25, 0.3) is 0 Å². The van der Waals surface area contributed by atoms with Crippen molar-refractivity contribution < 1.29 is 31.1 Å². The number of carbonyl (C=O) groups is 1. The average Bonchev–Trinajstić information content (AvgIpc) is 2.98. The maximum absolute atomic E-state index is 12.7. The van der Waals surface area contributed by atoms with E-state index in [1.165, 1.54) is 15.6 Å². The maximum Gasteiger partial charge on any atom is 0.573 e. The van der Waals surface area contributed by atoms with Gasteiger partial charge in [-0.25, -0.2) is 8.42 Å². The van der Waals surface area contributed by atoms with Gasteiger partial charge in [-0.2, -0.15) is 4.31 Å². The molecule has 0 aliphatic carbocycles. The number of aryl methyl sites for hydroxylation is 2. The van der Waals surface area contributed by atoms with Gasteiger partial charge in [0.15, 0.2) is 0 Å². The Morgan fingerprint density at radius 2 is 1.66 bits per heavy atom. The van der Waals surface area contributed by atoms with Gasteiger partial charge in [0.05, 0.1) is 10.5 Å². The number of piperazine rings is 1. The Kier molecular flexibility index (Phi) is 5.93. The summed E-state index contributed by atoms with van der Waals surface area (Å²) in [6.45, 7) is 4.49. The van der Waals surface area contributed by atoms with Gasteiger partial charge < -0.3 is 9.64 Å².